The minimum atomic E-state index is -0.199. The Morgan fingerprint density at radius 2 is 1.19 bits per heavy atom. The van der Waals surface area contributed by atoms with Gasteiger partial charge < -0.3 is 9.80 Å². The van der Waals surface area contributed by atoms with E-state index in [2.05, 4.69) is 0 Å². The molecule has 0 aromatic rings. The van der Waals surface area contributed by atoms with Crippen LogP contribution in [-0.4, -0.2) is 49.8 Å². The zero-order valence-corrected chi connectivity index (χ0v) is 10.4. The molecule has 4 nitrogen and oxygen atoms in total. The normalized spacial score (nSPS) is 24.0. The molecule has 0 aliphatic heterocycles. The molecule has 2 amide bonds. The van der Waals surface area contributed by atoms with Crippen LogP contribution in [0, 0.1) is 11.8 Å². The topological polar surface area (TPSA) is 40.6 Å². The molecular weight excluding hydrogens is 204 g/mol. The largest absolute Gasteiger partial charge is 0.349 e. The summed E-state index contributed by atoms with van der Waals surface area (Å²) in [7, 11) is 6.94. The third-order valence-corrected chi connectivity index (χ3v) is 2.95. The van der Waals surface area contributed by atoms with Crippen LogP contribution in [0.5, 0.6) is 0 Å². The zero-order chi connectivity index (χ0) is 12.3. The zero-order valence-electron chi connectivity index (χ0n) is 10.4. The predicted molar refractivity (Wildman–Crippen MR) is 62.7 cm³/mol. The number of carbonyl (C=O) groups is 2. The lowest BCUT2D eigenvalue weighted by atomic mass is 9.81. The van der Waals surface area contributed by atoms with E-state index in [1.807, 2.05) is 12.2 Å². The Morgan fingerprint density at radius 1 is 0.875 bits per heavy atom. The molecule has 0 bridgehead atoms. The van der Waals surface area contributed by atoms with Crippen molar-refractivity contribution in [3.8, 4) is 0 Å². The van der Waals surface area contributed by atoms with Gasteiger partial charge in [0.2, 0.25) is 11.8 Å². The average molecular weight is 224 g/mol. The fraction of sp³-hybridized carbons (Fsp3) is 0.667. The number of hydrogen-bond acceptors (Lipinski definition) is 2. The maximum atomic E-state index is 12.0. The lowest BCUT2D eigenvalue weighted by Gasteiger charge is -2.30. The van der Waals surface area contributed by atoms with Crippen molar-refractivity contribution >= 4 is 11.8 Å². The molecule has 0 fully saturated rings. The molecule has 1 aliphatic carbocycles. The molecule has 2 unspecified atom stereocenters. The summed E-state index contributed by atoms with van der Waals surface area (Å²) in [5, 5.41) is 0. The van der Waals surface area contributed by atoms with Crippen LogP contribution in [-0.2, 0) is 9.59 Å². The molecule has 0 N–H and O–H groups in total. The van der Waals surface area contributed by atoms with Crippen LogP contribution in [0.15, 0.2) is 12.2 Å². The standard InChI is InChI=1S/C12H20N2O2/c1-13(2)11(15)9-7-5-6-8-10(9)12(16)14(3)4/h5-6,9-10H,7-8H2,1-4H3. The summed E-state index contributed by atoms with van der Waals surface area (Å²) in [5.41, 5.74) is 0. The Balaban J connectivity index is 2.84. The van der Waals surface area contributed by atoms with Crippen LogP contribution in [0.25, 0.3) is 0 Å². The molecule has 0 aromatic carbocycles. The highest BCUT2D eigenvalue weighted by atomic mass is 16.2. The van der Waals surface area contributed by atoms with E-state index in [9.17, 15) is 9.59 Å². The summed E-state index contributed by atoms with van der Waals surface area (Å²) < 4.78 is 0. The van der Waals surface area contributed by atoms with Gasteiger partial charge in [-0.3, -0.25) is 9.59 Å². The quantitative estimate of drug-likeness (QED) is 0.649. The summed E-state index contributed by atoms with van der Waals surface area (Å²) in [4.78, 5) is 27.1. The van der Waals surface area contributed by atoms with E-state index in [-0.39, 0.29) is 23.7 Å². The van der Waals surface area contributed by atoms with E-state index < -0.39 is 0 Å². The average Bonchev–Trinajstić information content (AvgIpc) is 2.26. The van der Waals surface area contributed by atoms with Crippen LogP contribution in [0.3, 0.4) is 0 Å². The van der Waals surface area contributed by atoms with Gasteiger partial charge in [-0.2, -0.15) is 0 Å². The third kappa shape index (κ3) is 2.62. The van der Waals surface area contributed by atoms with Crippen molar-refractivity contribution < 1.29 is 9.59 Å². The minimum Gasteiger partial charge on any atom is -0.349 e. The van der Waals surface area contributed by atoms with Crippen LogP contribution >= 0.6 is 0 Å². The van der Waals surface area contributed by atoms with Gasteiger partial charge in [-0.1, -0.05) is 12.2 Å². The smallest absolute Gasteiger partial charge is 0.226 e. The monoisotopic (exact) mass is 224 g/mol. The van der Waals surface area contributed by atoms with Gasteiger partial charge in [0.1, 0.15) is 0 Å². The fourth-order valence-corrected chi connectivity index (χ4v) is 2.02. The van der Waals surface area contributed by atoms with Crippen molar-refractivity contribution in [1.29, 1.82) is 0 Å². The van der Waals surface area contributed by atoms with Crippen LogP contribution in [0.2, 0.25) is 0 Å². The molecule has 0 spiro atoms. The van der Waals surface area contributed by atoms with Crippen molar-refractivity contribution in [3.05, 3.63) is 12.2 Å². The fourth-order valence-electron chi connectivity index (χ4n) is 2.02. The molecular formula is C12H20N2O2. The third-order valence-electron chi connectivity index (χ3n) is 2.95. The summed E-state index contributed by atoms with van der Waals surface area (Å²) in [6, 6.07) is 0. The highest BCUT2D eigenvalue weighted by molar-refractivity contribution is 5.87. The van der Waals surface area contributed by atoms with Crippen molar-refractivity contribution in [3.63, 3.8) is 0 Å². The molecule has 2 atom stereocenters. The Labute approximate surface area is 96.9 Å². The molecule has 0 saturated heterocycles. The number of rotatable bonds is 2. The van der Waals surface area contributed by atoms with Crippen LogP contribution in [0.1, 0.15) is 12.8 Å². The second kappa shape index (κ2) is 5.14. The molecule has 0 saturated carbocycles. The van der Waals surface area contributed by atoms with Crippen LogP contribution < -0.4 is 0 Å². The first-order valence-corrected chi connectivity index (χ1v) is 5.52. The predicted octanol–water partition coefficient (Wildman–Crippen LogP) is 0.745. The van der Waals surface area contributed by atoms with Gasteiger partial charge in [-0.05, 0) is 12.8 Å². The molecule has 4 heteroatoms. The van der Waals surface area contributed by atoms with Crippen molar-refractivity contribution in [1.82, 2.24) is 9.80 Å². The molecule has 90 valence electrons. The second-order valence-electron chi connectivity index (χ2n) is 4.62. The van der Waals surface area contributed by atoms with Gasteiger partial charge in [0.15, 0.2) is 0 Å². The minimum absolute atomic E-state index is 0.0459. The van der Waals surface area contributed by atoms with Crippen molar-refractivity contribution in [2.75, 3.05) is 28.2 Å². The van der Waals surface area contributed by atoms with E-state index in [1.165, 1.54) is 0 Å². The van der Waals surface area contributed by atoms with Gasteiger partial charge in [-0.25, -0.2) is 0 Å². The lowest BCUT2D eigenvalue weighted by molar-refractivity contribution is -0.143. The summed E-state index contributed by atoms with van der Waals surface area (Å²) in [6.45, 7) is 0. The Kier molecular flexibility index (Phi) is 4.10. The van der Waals surface area contributed by atoms with E-state index >= 15 is 0 Å². The van der Waals surface area contributed by atoms with E-state index in [1.54, 1.807) is 38.0 Å². The first-order chi connectivity index (χ1) is 7.45. The van der Waals surface area contributed by atoms with E-state index in [0.29, 0.717) is 12.8 Å². The second-order valence-corrected chi connectivity index (χ2v) is 4.62. The number of nitrogens with zero attached hydrogens (tertiary/aromatic N) is 2. The molecule has 0 heterocycles. The maximum absolute atomic E-state index is 12.0. The van der Waals surface area contributed by atoms with E-state index in [4.69, 9.17) is 0 Å². The number of carbonyl (C=O) groups excluding carboxylic acids is 2. The highest BCUT2D eigenvalue weighted by Gasteiger charge is 2.35. The summed E-state index contributed by atoms with van der Waals surface area (Å²) in [6.07, 6.45) is 5.32. The highest BCUT2D eigenvalue weighted by Crippen LogP contribution is 2.28. The van der Waals surface area contributed by atoms with Gasteiger partial charge in [-0.15, -0.1) is 0 Å². The summed E-state index contributed by atoms with van der Waals surface area (Å²) >= 11 is 0. The molecule has 1 aliphatic rings. The lowest BCUT2D eigenvalue weighted by Crippen LogP contribution is -2.42. The Bertz CT molecular complexity index is 278. The van der Waals surface area contributed by atoms with Gasteiger partial charge in [0.25, 0.3) is 0 Å². The molecule has 1 rings (SSSR count). The van der Waals surface area contributed by atoms with Gasteiger partial charge in [0, 0.05) is 28.2 Å². The first kappa shape index (κ1) is 12.7. The maximum Gasteiger partial charge on any atom is 0.226 e. The number of amides is 2. The summed E-state index contributed by atoms with van der Waals surface area (Å²) in [5.74, 6) is -0.307. The van der Waals surface area contributed by atoms with Crippen molar-refractivity contribution in [2.45, 2.75) is 12.8 Å². The van der Waals surface area contributed by atoms with E-state index in [0.717, 1.165) is 0 Å². The van der Waals surface area contributed by atoms with Gasteiger partial charge >= 0.3 is 0 Å². The molecule has 16 heavy (non-hydrogen) atoms. The van der Waals surface area contributed by atoms with Crippen LogP contribution in [0.4, 0.5) is 0 Å². The van der Waals surface area contributed by atoms with Gasteiger partial charge in [0.05, 0.1) is 11.8 Å². The number of allylic oxidation sites excluding steroid dienone is 2. The number of hydrogen-bond donors (Lipinski definition) is 0. The first-order valence-electron chi connectivity index (χ1n) is 5.52. The van der Waals surface area contributed by atoms with Crippen molar-refractivity contribution in [2.24, 2.45) is 11.8 Å². The Hall–Kier alpha value is -1.32. The SMILES string of the molecule is CN(C)C(=O)C1CC=CCC1C(=O)N(C)C. The molecule has 0 radical (unpaired) electrons. The Morgan fingerprint density at radius 3 is 1.44 bits per heavy atom. The molecule has 0 aromatic heterocycles.